The van der Waals surface area contributed by atoms with Crippen LogP contribution in [0, 0.1) is 0 Å². The number of methoxy groups -OCH3 is 1. The Labute approximate surface area is 125 Å². The number of hydrogen-bond acceptors (Lipinski definition) is 3. The first-order valence-electron chi connectivity index (χ1n) is 6.69. The van der Waals surface area contributed by atoms with Crippen LogP contribution in [-0.2, 0) is 0 Å². The van der Waals surface area contributed by atoms with E-state index in [1.165, 1.54) is 11.3 Å². The third-order valence-corrected chi connectivity index (χ3v) is 4.76. The van der Waals surface area contributed by atoms with E-state index in [0.29, 0.717) is 0 Å². The van der Waals surface area contributed by atoms with E-state index in [-0.39, 0.29) is 4.74 Å². The van der Waals surface area contributed by atoms with Crippen molar-refractivity contribution in [3.8, 4) is 5.75 Å². The van der Waals surface area contributed by atoms with Crippen LogP contribution < -0.4 is 9.48 Å². The zero-order valence-electron chi connectivity index (χ0n) is 11.4. The molecule has 3 heteroatoms. The van der Waals surface area contributed by atoms with Gasteiger partial charge in [0.1, 0.15) is 5.75 Å². The van der Waals surface area contributed by atoms with Crippen molar-refractivity contribution in [3.05, 3.63) is 64.1 Å². The van der Waals surface area contributed by atoms with E-state index in [9.17, 15) is 4.79 Å². The van der Waals surface area contributed by atoms with Crippen molar-refractivity contribution in [1.29, 1.82) is 0 Å². The zero-order valence-corrected chi connectivity index (χ0v) is 12.2. The van der Waals surface area contributed by atoms with E-state index < -0.39 is 0 Å². The molecule has 21 heavy (non-hydrogen) atoms. The van der Waals surface area contributed by atoms with E-state index in [2.05, 4.69) is 12.1 Å². The minimum absolute atomic E-state index is 0.112. The van der Waals surface area contributed by atoms with Crippen molar-refractivity contribution in [2.24, 2.45) is 0 Å². The third-order valence-electron chi connectivity index (χ3n) is 3.78. The zero-order chi connectivity index (χ0) is 14.4. The van der Waals surface area contributed by atoms with Gasteiger partial charge < -0.3 is 4.74 Å². The van der Waals surface area contributed by atoms with E-state index in [0.717, 1.165) is 37.4 Å². The molecule has 102 valence electrons. The van der Waals surface area contributed by atoms with Crippen LogP contribution in [0.15, 0.2) is 59.4 Å². The van der Waals surface area contributed by atoms with Gasteiger partial charge in [0.2, 0.25) is 4.74 Å². The summed E-state index contributed by atoms with van der Waals surface area (Å²) in [5, 5.41) is 5.07. The predicted molar refractivity (Wildman–Crippen MR) is 89.7 cm³/mol. The maximum Gasteiger partial charge on any atom is 0.240 e. The summed E-state index contributed by atoms with van der Waals surface area (Å²) >= 11 is 1.31. The molecule has 0 fully saturated rings. The fourth-order valence-corrected chi connectivity index (χ4v) is 3.64. The fourth-order valence-electron chi connectivity index (χ4n) is 2.73. The number of hydrogen-bond donors (Lipinski definition) is 0. The molecule has 0 radical (unpaired) electrons. The first-order valence-corrected chi connectivity index (χ1v) is 7.51. The molecule has 0 aliphatic carbocycles. The Balaban J connectivity index is 2.23. The molecule has 0 saturated heterocycles. The van der Waals surface area contributed by atoms with Gasteiger partial charge in [0.15, 0.2) is 0 Å². The molecular weight excluding hydrogens is 280 g/mol. The summed E-state index contributed by atoms with van der Waals surface area (Å²) < 4.78 is 6.42. The Hall–Kier alpha value is -2.39. The topological polar surface area (TPSA) is 26.3 Å². The molecule has 0 unspecified atom stereocenters. The SMILES string of the molecule is COc1ccc2cc3c(=O)sc4ccccc4c3cc2c1. The smallest absolute Gasteiger partial charge is 0.240 e. The maximum atomic E-state index is 12.4. The number of fused-ring (bicyclic) bond motifs is 4. The highest BCUT2D eigenvalue weighted by atomic mass is 32.1. The van der Waals surface area contributed by atoms with Gasteiger partial charge in [-0.25, -0.2) is 0 Å². The van der Waals surface area contributed by atoms with Crippen molar-refractivity contribution in [2.75, 3.05) is 7.11 Å². The number of benzene rings is 3. The molecule has 0 aliphatic heterocycles. The lowest BCUT2D eigenvalue weighted by Gasteiger charge is -2.06. The average molecular weight is 292 g/mol. The second-order valence-electron chi connectivity index (χ2n) is 5.00. The van der Waals surface area contributed by atoms with Gasteiger partial charge in [0.25, 0.3) is 0 Å². The molecule has 3 aromatic carbocycles. The molecule has 0 N–H and O–H groups in total. The number of ether oxygens (including phenoxy) is 1. The predicted octanol–water partition coefficient (Wildman–Crippen LogP) is 4.58. The normalized spacial score (nSPS) is 11.3. The van der Waals surface area contributed by atoms with Gasteiger partial charge in [-0.1, -0.05) is 35.6 Å². The highest BCUT2D eigenvalue weighted by molar-refractivity contribution is 7.17. The molecule has 4 rings (SSSR count). The lowest BCUT2D eigenvalue weighted by molar-refractivity contribution is 0.415. The van der Waals surface area contributed by atoms with Gasteiger partial charge in [0.05, 0.1) is 7.11 Å². The lowest BCUT2D eigenvalue weighted by Crippen LogP contribution is -1.95. The molecule has 4 aromatic rings. The Morgan fingerprint density at radius 2 is 1.67 bits per heavy atom. The standard InChI is InChI=1S/C18H12O2S/c1-20-13-7-6-11-9-16-15(10-12(11)8-13)14-4-2-3-5-17(14)21-18(16)19/h2-10H,1H3. The Kier molecular flexibility index (Phi) is 2.69. The molecular formula is C18H12O2S. The van der Waals surface area contributed by atoms with Gasteiger partial charge in [-0.2, -0.15) is 0 Å². The monoisotopic (exact) mass is 292 g/mol. The fraction of sp³-hybridized carbons (Fsp3) is 0.0556. The van der Waals surface area contributed by atoms with Crippen LogP contribution >= 0.6 is 11.3 Å². The summed E-state index contributed by atoms with van der Waals surface area (Å²) in [5.74, 6) is 0.826. The minimum atomic E-state index is 0.112. The third kappa shape index (κ3) is 1.89. The summed E-state index contributed by atoms with van der Waals surface area (Å²) in [5.41, 5.74) is 0. The van der Waals surface area contributed by atoms with Crippen LogP contribution in [0.5, 0.6) is 5.75 Å². The van der Waals surface area contributed by atoms with Crippen molar-refractivity contribution in [1.82, 2.24) is 0 Å². The highest BCUT2D eigenvalue weighted by Crippen LogP contribution is 2.30. The molecule has 0 saturated carbocycles. The Morgan fingerprint density at radius 1 is 0.857 bits per heavy atom. The summed E-state index contributed by atoms with van der Waals surface area (Å²) in [6.07, 6.45) is 0. The lowest BCUT2D eigenvalue weighted by atomic mass is 10.0. The van der Waals surface area contributed by atoms with Crippen LogP contribution in [0.1, 0.15) is 0 Å². The average Bonchev–Trinajstić information content (AvgIpc) is 2.53. The maximum absolute atomic E-state index is 12.4. The first-order chi connectivity index (χ1) is 10.3. The minimum Gasteiger partial charge on any atom is -0.497 e. The summed E-state index contributed by atoms with van der Waals surface area (Å²) in [6, 6.07) is 18.0. The van der Waals surface area contributed by atoms with Crippen molar-refractivity contribution < 1.29 is 4.74 Å². The van der Waals surface area contributed by atoms with Crippen LogP contribution in [0.3, 0.4) is 0 Å². The molecule has 0 bridgehead atoms. The van der Waals surface area contributed by atoms with E-state index in [1.807, 2.05) is 42.5 Å². The molecule has 0 aliphatic rings. The van der Waals surface area contributed by atoms with Crippen LogP contribution in [0.2, 0.25) is 0 Å². The van der Waals surface area contributed by atoms with Gasteiger partial charge in [-0.3, -0.25) is 4.79 Å². The van der Waals surface area contributed by atoms with Crippen LogP contribution in [-0.4, -0.2) is 7.11 Å². The van der Waals surface area contributed by atoms with E-state index in [4.69, 9.17) is 4.74 Å². The molecule has 0 spiro atoms. The molecule has 0 atom stereocenters. The summed E-state index contributed by atoms with van der Waals surface area (Å²) in [7, 11) is 1.66. The van der Waals surface area contributed by atoms with Crippen molar-refractivity contribution >= 4 is 43.0 Å². The number of rotatable bonds is 1. The second kappa shape index (κ2) is 4.57. The van der Waals surface area contributed by atoms with Gasteiger partial charge >= 0.3 is 0 Å². The molecule has 1 heterocycles. The molecule has 2 nitrogen and oxygen atoms in total. The van der Waals surface area contributed by atoms with Gasteiger partial charge in [-0.05, 0) is 51.9 Å². The van der Waals surface area contributed by atoms with E-state index in [1.54, 1.807) is 7.11 Å². The molecule has 1 aromatic heterocycles. The molecule has 0 amide bonds. The summed E-state index contributed by atoms with van der Waals surface area (Å²) in [6.45, 7) is 0. The Bertz CT molecular complexity index is 1050. The Morgan fingerprint density at radius 3 is 2.52 bits per heavy atom. The van der Waals surface area contributed by atoms with Crippen LogP contribution in [0.25, 0.3) is 31.6 Å². The second-order valence-corrected chi connectivity index (χ2v) is 6.01. The van der Waals surface area contributed by atoms with Crippen molar-refractivity contribution in [3.63, 3.8) is 0 Å². The first kappa shape index (κ1) is 12.4. The largest absolute Gasteiger partial charge is 0.497 e. The van der Waals surface area contributed by atoms with Crippen LogP contribution in [0.4, 0.5) is 0 Å². The van der Waals surface area contributed by atoms with E-state index >= 15 is 0 Å². The highest BCUT2D eigenvalue weighted by Gasteiger charge is 2.07. The van der Waals surface area contributed by atoms with Crippen molar-refractivity contribution in [2.45, 2.75) is 0 Å². The quantitative estimate of drug-likeness (QED) is 0.379. The van der Waals surface area contributed by atoms with Gasteiger partial charge in [0, 0.05) is 10.1 Å². The van der Waals surface area contributed by atoms with Gasteiger partial charge in [-0.15, -0.1) is 0 Å². The summed E-state index contributed by atoms with van der Waals surface area (Å²) in [4.78, 5) is 12.4.